The average Bonchev–Trinajstić information content (AvgIpc) is 2.83. The van der Waals surface area contributed by atoms with Gasteiger partial charge in [0.2, 0.25) is 0 Å². The summed E-state index contributed by atoms with van der Waals surface area (Å²) in [7, 11) is 0. The van der Waals surface area contributed by atoms with Crippen molar-refractivity contribution in [1.82, 2.24) is 5.32 Å². The summed E-state index contributed by atoms with van der Waals surface area (Å²) in [5.74, 6) is 2.39. The molecule has 1 atom stereocenters. The van der Waals surface area contributed by atoms with Crippen molar-refractivity contribution < 1.29 is 24.2 Å². The fourth-order valence-electron chi connectivity index (χ4n) is 3.58. The Labute approximate surface area is 201 Å². The number of alkyl halides is 1. The smallest absolute Gasteiger partial charge is 0.321 e. The number of halogens is 1. The summed E-state index contributed by atoms with van der Waals surface area (Å²) in [4.78, 5) is 22.3. The number of carboxylic acids is 2. The quantitative estimate of drug-likeness (QED) is 0.201. The standard InChI is InChI=1S/C28H34FNO4/c1-3-4-5-7-14-22-19-23(15-16-24(22)21-12-8-6-9-13-21)25(29)20-30-18-11-10-17-28(2,26(31)32)27(33)34/h6,8-9,12-13,15-16,19,25,30H,3-5,7,14,17-18,20H2,1-2H3,(H,31,32)(H,33,34). The molecule has 0 aromatic heterocycles. The van der Waals surface area contributed by atoms with E-state index in [1.165, 1.54) is 12.8 Å². The number of aryl methyl sites for hydroxylation is 1. The lowest BCUT2D eigenvalue weighted by molar-refractivity contribution is -0.162. The molecule has 6 heteroatoms. The lowest BCUT2D eigenvalue weighted by atomic mass is 9.87. The molecule has 2 aromatic carbocycles. The van der Waals surface area contributed by atoms with E-state index in [0.29, 0.717) is 5.56 Å². The predicted molar refractivity (Wildman–Crippen MR) is 132 cm³/mol. The molecule has 0 aliphatic heterocycles. The number of carbonyl (C=O) groups is 2. The minimum Gasteiger partial charge on any atom is -0.480 e. The van der Waals surface area contributed by atoms with E-state index in [-0.39, 0.29) is 19.5 Å². The molecular weight excluding hydrogens is 433 g/mol. The van der Waals surface area contributed by atoms with Crippen LogP contribution >= 0.6 is 0 Å². The van der Waals surface area contributed by atoms with Gasteiger partial charge in [-0.3, -0.25) is 9.59 Å². The molecule has 2 aromatic rings. The highest BCUT2D eigenvalue weighted by Gasteiger charge is 2.40. The third-order valence-electron chi connectivity index (χ3n) is 5.92. The van der Waals surface area contributed by atoms with E-state index in [0.717, 1.165) is 42.9 Å². The number of hydrogen-bond acceptors (Lipinski definition) is 3. The first-order chi connectivity index (χ1) is 16.3. The molecule has 0 saturated heterocycles. The van der Waals surface area contributed by atoms with Gasteiger partial charge in [0.1, 0.15) is 6.17 Å². The van der Waals surface area contributed by atoms with Crippen LogP contribution in [0.15, 0.2) is 48.5 Å². The average molecular weight is 468 g/mol. The number of nitrogens with one attached hydrogen (secondary N) is 1. The van der Waals surface area contributed by atoms with Crippen LogP contribution in [0.5, 0.6) is 0 Å². The van der Waals surface area contributed by atoms with Crippen LogP contribution in [0.25, 0.3) is 11.1 Å². The highest BCUT2D eigenvalue weighted by atomic mass is 19.1. The van der Waals surface area contributed by atoms with E-state index in [1.54, 1.807) is 0 Å². The SMILES string of the molecule is CCCCCCc1cc(C(F)CNCC#CCC(C)(C(=O)O)C(=O)O)ccc1-c1ccccc1. The first-order valence-electron chi connectivity index (χ1n) is 11.7. The monoisotopic (exact) mass is 467 g/mol. The Kier molecular flexibility index (Phi) is 10.8. The highest BCUT2D eigenvalue weighted by molar-refractivity contribution is 5.98. The summed E-state index contributed by atoms with van der Waals surface area (Å²) < 4.78 is 14.9. The number of carboxylic acid groups (broad SMARTS) is 2. The molecule has 0 saturated carbocycles. The molecule has 34 heavy (non-hydrogen) atoms. The van der Waals surface area contributed by atoms with Gasteiger partial charge >= 0.3 is 11.9 Å². The first-order valence-corrected chi connectivity index (χ1v) is 11.7. The van der Waals surface area contributed by atoms with Gasteiger partial charge in [0, 0.05) is 13.0 Å². The fraction of sp³-hybridized carbons (Fsp3) is 0.429. The van der Waals surface area contributed by atoms with Gasteiger partial charge in [-0.1, -0.05) is 80.6 Å². The van der Waals surface area contributed by atoms with Gasteiger partial charge < -0.3 is 15.5 Å². The van der Waals surface area contributed by atoms with Crippen molar-refractivity contribution in [3.05, 3.63) is 59.7 Å². The van der Waals surface area contributed by atoms with E-state index >= 15 is 0 Å². The van der Waals surface area contributed by atoms with Crippen LogP contribution in [0.4, 0.5) is 4.39 Å². The molecule has 0 aliphatic carbocycles. The first kappa shape index (κ1) is 27.1. The van der Waals surface area contributed by atoms with E-state index < -0.39 is 23.5 Å². The van der Waals surface area contributed by atoms with Crippen LogP contribution in [0.1, 0.15) is 63.3 Å². The van der Waals surface area contributed by atoms with Gasteiger partial charge in [0.05, 0.1) is 6.54 Å². The molecule has 0 spiro atoms. The lowest BCUT2D eigenvalue weighted by Gasteiger charge is -2.16. The molecule has 1 unspecified atom stereocenters. The fourth-order valence-corrected chi connectivity index (χ4v) is 3.58. The number of unbranched alkanes of at least 4 members (excludes halogenated alkanes) is 3. The van der Waals surface area contributed by atoms with Crippen LogP contribution in [-0.2, 0) is 16.0 Å². The van der Waals surface area contributed by atoms with Gasteiger partial charge in [-0.05, 0) is 42.0 Å². The van der Waals surface area contributed by atoms with Crippen molar-refractivity contribution in [3.63, 3.8) is 0 Å². The maximum absolute atomic E-state index is 14.9. The summed E-state index contributed by atoms with van der Waals surface area (Å²) in [6, 6.07) is 15.9. The zero-order chi connectivity index (χ0) is 25.0. The summed E-state index contributed by atoms with van der Waals surface area (Å²) in [6.45, 7) is 3.50. The minimum absolute atomic E-state index is 0.0593. The Morgan fingerprint density at radius 1 is 1.03 bits per heavy atom. The molecule has 0 heterocycles. The van der Waals surface area contributed by atoms with Crippen LogP contribution in [0, 0.1) is 17.3 Å². The maximum atomic E-state index is 14.9. The molecule has 0 aliphatic rings. The van der Waals surface area contributed by atoms with Crippen molar-refractivity contribution in [2.45, 2.75) is 58.5 Å². The van der Waals surface area contributed by atoms with Crippen LogP contribution in [0.3, 0.4) is 0 Å². The molecule has 0 amide bonds. The zero-order valence-corrected chi connectivity index (χ0v) is 19.9. The Bertz CT molecular complexity index is 996. The number of benzene rings is 2. The van der Waals surface area contributed by atoms with Gasteiger partial charge in [-0.2, -0.15) is 0 Å². The van der Waals surface area contributed by atoms with E-state index in [2.05, 4.69) is 36.2 Å². The molecule has 3 N–H and O–H groups in total. The number of hydrogen-bond donors (Lipinski definition) is 3. The topological polar surface area (TPSA) is 86.6 Å². The van der Waals surface area contributed by atoms with Gasteiger partial charge in [-0.15, -0.1) is 5.92 Å². The van der Waals surface area contributed by atoms with E-state index in [1.807, 2.05) is 36.4 Å². The summed E-state index contributed by atoms with van der Waals surface area (Å²) in [5.41, 5.74) is 2.05. The Morgan fingerprint density at radius 3 is 2.38 bits per heavy atom. The highest BCUT2D eigenvalue weighted by Crippen LogP contribution is 2.29. The van der Waals surface area contributed by atoms with Gasteiger partial charge in [0.25, 0.3) is 0 Å². The number of aliphatic carboxylic acids is 2. The second-order valence-electron chi connectivity index (χ2n) is 8.66. The second kappa shape index (κ2) is 13.5. The number of rotatable bonds is 13. The largest absolute Gasteiger partial charge is 0.480 e. The van der Waals surface area contributed by atoms with Crippen LogP contribution in [0.2, 0.25) is 0 Å². The second-order valence-corrected chi connectivity index (χ2v) is 8.66. The van der Waals surface area contributed by atoms with E-state index in [4.69, 9.17) is 10.2 Å². The minimum atomic E-state index is -1.95. The van der Waals surface area contributed by atoms with Gasteiger partial charge in [-0.25, -0.2) is 4.39 Å². The van der Waals surface area contributed by atoms with Gasteiger partial charge in [0.15, 0.2) is 5.41 Å². The molecule has 0 radical (unpaired) electrons. The van der Waals surface area contributed by atoms with Crippen LogP contribution in [-0.4, -0.2) is 35.2 Å². The third kappa shape index (κ3) is 7.71. The Hall–Kier alpha value is -3.17. The summed E-state index contributed by atoms with van der Waals surface area (Å²) in [5, 5.41) is 21.1. The van der Waals surface area contributed by atoms with E-state index in [9.17, 15) is 14.0 Å². The summed E-state index contributed by atoms with van der Waals surface area (Å²) >= 11 is 0. The predicted octanol–water partition coefficient (Wildman–Crippen LogP) is 5.65. The molecule has 5 nitrogen and oxygen atoms in total. The van der Waals surface area contributed by atoms with Crippen molar-refractivity contribution in [1.29, 1.82) is 0 Å². The molecule has 0 fully saturated rings. The van der Waals surface area contributed by atoms with Crippen molar-refractivity contribution in [2.24, 2.45) is 5.41 Å². The zero-order valence-electron chi connectivity index (χ0n) is 19.9. The molecule has 2 rings (SSSR count). The normalized spacial score (nSPS) is 12.0. The Balaban J connectivity index is 2.01. The maximum Gasteiger partial charge on any atom is 0.321 e. The molecule has 0 bridgehead atoms. The third-order valence-corrected chi connectivity index (χ3v) is 5.92. The molecule has 182 valence electrons. The summed E-state index contributed by atoms with van der Waals surface area (Å²) in [6.07, 6.45) is 3.93. The molecular formula is C28H34FNO4. The Morgan fingerprint density at radius 2 is 1.74 bits per heavy atom. The van der Waals surface area contributed by atoms with Crippen molar-refractivity contribution >= 4 is 11.9 Å². The van der Waals surface area contributed by atoms with Crippen molar-refractivity contribution in [3.8, 4) is 23.0 Å². The lowest BCUT2D eigenvalue weighted by Crippen LogP contribution is -2.35. The van der Waals surface area contributed by atoms with Crippen molar-refractivity contribution in [2.75, 3.05) is 13.1 Å². The van der Waals surface area contributed by atoms with Crippen LogP contribution < -0.4 is 5.32 Å².